The maximum atomic E-state index is 12.4. The first-order valence-electron chi connectivity index (χ1n) is 9.45. The van der Waals surface area contributed by atoms with Gasteiger partial charge in [0.1, 0.15) is 17.1 Å². The first-order chi connectivity index (χ1) is 12.5. The van der Waals surface area contributed by atoms with Crippen LogP contribution in [-0.4, -0.2) is 18.2 Å². The van der Waals surface area contributed by atoms with Crippen LogP contribution >= 0.6 is 0 Å². The Labute approximate surface area is 156 Å². The molecule has 1 aromatic carbocycles. The Kier molecular flexibility index (Phi) is 7.31. The highest BCUT2D eigenvalue weighted by atomic mass is 16.5. The zero-order valence-corrected chi connectivity index (χ0v) is 16.1. The van der Waals surface area contributed by atoms with E-state index in [2.05, 4.69) is 26.5 Å². The Morgan fingerprint density at radius 1 is 1.42 bits per heavy atom. The van der Waals surface area contributed by atoms with Gasteiger partial charge in [-0.1, -0.05) is 38.0 Å². The Morgan fingerprint density at radius 2 is 2.19 bits per heavy atom. The summed E-state index contributed by atoms with van der Waals surface area (Å²) >= 11 is 0. The molecule has 0 heterocycles. The highest BCUT2D eigenvalue weighted by Crippen LogP contribution is 2.44. The van der Waals surface area contributed by atoms with Crippen LogP contribution in [0.1, 0.15) is 79.8 Å². The largest absolute Gasteiger partial charge is 0.507 e. The third-order valence-corrected chi connectivity index (χ3v) is 4.98. The van der Waals surface area contributed by atoms with Gasteiger partial charge in [0.05, 0.1) is 13.4 Å². The van der Waals surface area contributed by atoms with Crippen molar-refractivity contribution in [2.75, 3.05) is 7.11 Å². The third kappa shape index (κ3) is 4.48. The first-order valence-corrected chi connectivity index (χ1v) is 9.45. The van der Waals surface area contributed by atoms with Gasteiger partial charge in [0.25, 0.3) is 0 Å². The fourth-order valence-electron chi connectivity index (χ4n) is 3.69. The van der Waals surface area contributed by atoms with Crippen LogP contribution in [-0.2, 0) is 11.2 Å². The van der Waals surface area contributed by atoms with E-state index >= 15 is 0 Å². The van der Waals surface area contributed by atoms with Crippen molar-refractivity contribution in [2.45, 2.75) is 64.7 Å². The third-order valence-electron chi connectivity index (χ3n) is 4.98. The molecule has 0 saturated heterocycles. The van der Waals surface area contributed by atoms with E-state index in [9.17, 15) is 9.90 Å². The highest BCUT2D eigenvalue weighted by molar-refractivity contribution is 5.95. The molecule has 1 aliphatic carbocycles. The summed E-state index contributed by atoms with van der Waals surface area (Å²) in [7, 11) is 1.34. The van der Waals surface area contributed by atoms with Crippen molar-refractivity contribution in [1.29, 1.82) is 0 Å². The lowest BCUT2D eigenvalue weighted by Gasteiger charge is -2.25. The van der Waals surface area contributed by atoms with Crippen molar-refractivity contribution < 1.29 is 19.4 Å². The lowest BCUT2D eigenvalue weighted by atomic mass is 9.83. The number of phenolic OH excluding ortho intramolecular Hbond substituents is 1. The number of hydrogen-bond acceptors (Lipinski definition) is 4. The molecule has 0 fully saturated rings. The Balaban J connectivity index is 2.60. The SMILES string of the molecule is C=COc1cc(CCCCC)c(C(=O)OC)c(O)c1[C@@H]1C=C(C)CCC1. The summed E-state index contributed by atoms with van der Waals surface area (Å²) < 4.78 is 10.6. The van der Waals surface area contributed by atoms with Gasteiger partial charge < -0.3 is 14.6 Å². The van der Waals surface area contributed by atoms with E-state index in [1.165, 1.54) is 18.9 Å². The number of allylic oxidation sites excluding steroid dienone is 2. The number of unbranched alkanes of at least 4 members (excludes halogenated alkanes) is 2. The number of aromatic hydroxyl groups is 1. The molecule has 4 heteroatoms. The highest BCUT2D eigenvalue weighted by Gasteiger charge is 2.28. The number of esters is 1. The topological polar surface area (TPSA) is 55.8 Å². The molecule has 0 aromatic heterocycles. The van der Waals surface area contributed by atoms with Crippen LogP contribution < -0.4 is 4.74 Å². The van der Waals surface area contributed by atoms with E-state index in [1.807, 2.05) is 6.07 Å². The van der Waals surface area contributed by atoms with Crippen LogP contribution in [0.2, 0.25) is 0 Å². The molecular weight excluding hydrogens is 328 g/mol. The van der Waals surface area contributed by atoms with Crippen molar-refractivity contribution >= 4 is 5.97 Å². The first kappa shape index (κ1) is 20.1. The van der Waals surface area contributed by atoms with Crippen LogP contribution in [0.4, 0.5) is 0 Å². The second-order valence-electron chi connectivity index (χ2n) is 6.92. The number of carbonyl (C=O) groups excluding carboxylic acids is 1. The smallest absolute Gasteiger partial charge is 0.341 e. The maximum absolute atomic E-state index is 12.4. The number of methoxy groups -OCH3 is 1. The fourth-order valence-corrected chi connectivity index (χ4v) is 3.69. The number of rotatable bonds is 8. The van der Waals surface area contributed by atoms with Gasteiger partial charge in [-0.2, -0.15) is 0 Å². The summed E-state index contributed by atoms with van der Waals surface area (Å²) in [6, 6.07) is 1.87. The standard InChI is InChI=1S/C22H30O4/c1-5-7-8-11-17-14-18(26-6-2)19(16-12-9-10-15(3)13-16)21(23)20(17)22(24)25-4/h6,13-14,16,23H,2,5,7-12H2,1,3-4H3/t16-/m0/s1. The summed E-state index contributed by atoms with van der Waals surface area (Å²) in [5.74, 6) is 0.0787. The summed E-state index contributed by atoms with van der Waals surface area (Å²) in [6.45, 7) is 7.88. The molecule has 0 saturated carbocycles. The van der Waals surface area contributed by atoms with Gasteiger partial charge in [-0.25, -0.2) is 4.79 Å². The Hall–Kier alpha value is -2.23. The van der Waals surface area contributed by atoms with Crippen molar-refractivity contribution in [3.63, 3.8) is 0 Å². The summed E-state index contributed by atoms with van der Waals surface area (Å²) in [4.78, 5) is 12.4. The number of hydrogen-bond donors (Lipinski definition) is 1. The van der Waals surface area contributed by atoms with Gasteiger partial charge in [0, 0.05) is 11.5 Å². The molecular formula is C22H30O4. The molecule has 1 aliphatic rings. The molecule has 0 bridgehead atoms. The van der Waals surface area contributed by atoms with Crippen molar-refractivity contribution in [2.24, 2.45) is 0 Å². The summed E-state index contributed by atoms with van der Waals surface area (Å²) in [6.07, 6.45) is 10.3. The molecule has 2 rings (SSSR count). The number of ether oxygens (including phenoxy) is 2. The lowest BCUT2D eigenvalue weighted by molar-refractivity contribution is 0.0595. The predicted molar refractivity (Wildman–Crippen MR) is 104 cm³/mol. The van der Waals surface area contributed by atoms with Crippen molar-refractivity contribution in [1.82, 2.24) is 0 Å². The fraction of sp³-hybridized carbons (Fsp3) is 0.500. The molecule has 1 aromatic rings. The van der Waals surface area contributed by atoms with Gasteiger partial charge in [-0.05, 0) is 50.7 Å². The minimum atomic E-state index is -0.503. The minimum Gasteiger partial charge on any atom is -0.507 e. The van der Waals surface area contributed by atoms with E-state index in [4.69, 9.17) is 9.47 Å². The van der Waals surface area contributed by atoms with Crippen molar-refractivity contribution in [3.8, 4) is 11.5 Å². The Bertz CT molecular complexity index is 688. The zero-order valence-electron chi connectivity index (χ0n) is 16.1. The maximum Gasteiger partial charge on any atom is 0.341 e. The van der Waals surface area contributed by atoms with Crippen LogP contribution in [0.25, 0.3) is 0 Å². The number of aryl methyl sites for hydroxylation is 1. The monoisotopic (exact) mass is 358 g/mol. The lowest BCUT2D eigenvalue weighted by Crippen LogP contribution is -2.12. The van der Waals surface area contributed by atoms with Gasteiger partial charge in [0.2, 0.25) is 0 Å². The summed E-state index contributed by atoms with van der Waals surface area (Å²) in [5, 5.41) is 11.0. The van der Waals surface area contributed by atoms with E-state index in [0.29, 0.717) is 17.7 Å². The average molecular weight is 358 g/mol. The van der Waals surface area contributed by atoms with Crippen LogP contribution in [0, 0.1) is 0 Å². The second-order valence-corrected chi connectivity index (χ2v) is 6.92. The van der Waals surface area contributed by atoms with E-state index in [0.717, 1.165) is 44.1 Å². The number of phenols is 1. The quantitative estimate of drug-likeness (QED) is 0.282. The summed E-state index contributed by atoms with van der Waals surface area (Å²) in [5.41, 5.74) is 2.98. The molecule has 4 nitrogen and oxygen atoms in total. The normalized spacial score (nSPS) is 16.7. The van der Waals surface area contributed by atoms with E-state index in [1.54, 1.807) is 0 Å². The molecule has 0 amide bonds. The zero-order chi connectivity index (χ0) is 19.1. The molecule has 0 aliphatic heterocycles. The molecule has 142 valence electrons. The van der Waals surface area contributed by atoms with Gasteiger partial charge >= 0.3 is 5.97 Å². The van der Waals surface area contributed by atoms with Crippen LogP contribution in [0.5, 0.6) is 11.5 Å². The molecule has 1 N–H and O–H groups in total. The Morgan fingerprint density at radius 3 is 2.81 bits per heavy atom. The van der Waals surface area contributed by atoms with E-state index < -0.39 is 5.97 Å². The van der Waals surface area contributed by atoms with E-state index in [-0.39, 0.29) is 17.2 Å². The van der Waals surface area contributed by atoms with Gasteiger partial charge in [-0.3, -0.25) is 0 Å². The molecule has 26 heavy (non-hydrogen) atoms. The van der Waals surface area contributed by atoms with Gasteiger partial charge in [0.15, 0.2) is 0 Å². The number of carbonyl (C=O) groups is 1. The van der Waals surface area contributed by atoms with Crippen LogP contribution in [0.3, 0.4) is 0 Å². The van der Waals surface area contributed by atoms with Crippen molar-refractivity contribution in [3.05, 3.63) is 47.2 Å². The molecule has 1 atom stereocenters. The molecule has 0 spiro atoms. The van der Waals surface area contributed by atoms with Gasteiger partial charge in [-0.15, -0.1) is 0 Å². The van der Waals surface area contributed by atoms with Crippen LogP contribution in [0.15, 0.2) is 30.6 Å². The molecule has 0 unspecified atom stereocenters. The predicted octanol–water partition coefficient (Wildman–Crippen LogP) is 5.65. The molecule has 0 radical (unpaired) electrons. The number of benzene rings is 1. The average Bonchev–Trinajstić information content (AvgIpc) is 2.61. The second kappa shape index (κ2) is 9.46. The minimum absolute atomic E-state index is 0.0151.